The van der Waals surface area contributed by atoms with E-state index in [1.807, 2.05) is 36.4 Å². The number of alkyl halides is 2. The summed E-state index contributed by atoms with van der Waals surface area (Å²) >= 11 is 0. The first-order valence-corrected chi connectivity index (χ1v) is 10.8. The molecule has 2 unspecified atom stereocenters. The molecule has 1 aliphatic rings. The van der Waals surface area contributed by atoms with E-state index in [0.717, 1.165) is 22.3 Å². The van der Waals surface area contributed by atoms with Gasteiger partial charge >= 0.3 is 6.09 Å². The van der Waals surface area contributed by atoms with Crippen molar-refractivity contribution in [2.75, 3.05) is 13.2 Å². The number of hydrogen-bond acceptors (Lipinski definition) is 4. The maximum Gasteiger partial charge on any atom is 0.407 e. The fraction of sp³-hybridized carbons (Fsp3) is 0.269. The average molecular weight is 453 g/mol. The van der Waals surface area contributed by atoms with Crippen LogP contribution in [0.2, 0.25) is 0 Å². The zero-order chi connectivity index (χ0) is 23.4. The molecule has 0 saturated carbocycles. The van der Waals surface area contributed by atoms with Crippen LogP contribution in [0.3, 0.4) is 0 Å². The minimum Gasteiger partial charge on any atom is -0.449 e. The highest BCUT2D eigenvalue weighted by Crippen LogP contribution is 2.44. The van der Waals surface area contributed by atoms with E-state index in [1.54, 1.807) is 0 Å². The Morgan fingerprint density at radius 1 is 0.879 bits per heavy atom. The Bertz CT molecular complexity index is 1060. The van der Waals surface area contributed by atoms with Crippen LogP contribution >= 0.6 is 0 Å². The van der Waals surface area contributed by atoms with E-state index >= 15 is 0 Å². The van der Waals surface area contributed by atoms with E-state index in [1.165, 1.54) is 24.3 Å². The second-order valence-corrected chi connectivity index (χ2v) is 8.02. The molecule has 2 atom stereocenters. The van der Waals surface area contributed by atoms with Crippen LogP contribution in [0.4, 0.5) is 13.6 Å². The van der Waals surface area contributed by atoms with Crippen molar-refractivity contribution in [2.24, 2.45) is 0 Å². The molecule has 3 aromatic rings. The molecule has 0 spiro atoms. The first-order valence-electron chi connectivity index (χ1n) is 10.8. The molecule has 3 aromatic carbocycles. The molecule has 0 aromatic heterocycles. The van der Waals surface area contributed by atoms with Gasteiger partial charge in [-0.15, -0.1) is 0 Å². The predicted molar refractivity (Wildman–Crippen MR) is 120 cm³/mol. The molecule has 4 rings (SSSR count). The molecule has 7 heteroatoms. The maximum absolute atomic E-state index is 12.6. The van der Waals surface area contributed by atoms with Crippen LogP contribution in [-0.2, 0) is 4.74 Å². The third-order valence-corrected chi connectivity index (χ3v) is 5.95. The lowest BCUT2D eigenvalue weighted by Gasteiger charge is -2.19. The smallest absolute Gasteiger partial charge is 0.407 e. The molecule has 3 N–H and O–H groups in total. The molecule has 0 aliphatic heterocycles. The van der Waals surface area contributed by atoms with Gasteiger partial charge < -0.3 is 20.3 Å². The summed E-state index contributed by atoms with van der Waals surface area (Å²) in [5, 5.41) is 23.0. The van der Waals surface area contributed by atoms with Gasteiger partial charge in [0.1, 0.15) is 12.7 Å². The Morgan fingerprint density at radius 3 is 2.00 bits per heavy atom. The van der Waals surface area contributed by atoms with Gasteiger partial charge in [-0.25, -0.2) is 13.6 Å². The van der Waals surface area contributed by atoms with E-state index in [4.69, 9.17) is 4.74 Å². The summed E-state index contributed by atoms with van der Waals surface area (Å²) in [4.78, 5) is 12.2. The van der Waals surface area contributed by atoms with Gasteiger partial charge in [-0.05, 0) is 34.2 Å². The van der Waals surface area contributed by atoms with Crippen LogP contribution < -0.4 is 5.32 Å². The Hall–Kier alpha value is -3.29. The summed E-state index contributed by atoms with van der Waals surface area (Å²) in [5.41, 5.74) is 4.68. The lowest BCUT2D eigenvalue weighted by molar-refractivity contribution is 0.0136. The molecular weight excluding hydrogens is 428 g/mol. The zero-order valence-corrected chi connectivity index (χ0v) is 17.8. The number of ether oxygens (including phenoxy) is 1. The van der Waals surface area contributed by atoms with E-state index in [-0.39, 0.29) is 31.1 Å². The summed E-state index contributed by atoms with van der Waals surface area (Å²) in [6.45, 7) is 0.269. The Balaban J connectivity index is 1.26. The van der Waals surface area contributed by atoms with Gasteiger partial charge in [-0.3, -0.25) is 0 Å². The van der Waals surface area contributed by atoms with Crippen molar-refractivity contribution in [3.63, 3.8) is 0 Å². The molecule has 1 aliphatic carbocycles. The number of amides is 1. The highest BCUT2D eigenvalue weighted by molar-refractivity contribution is 5.79. The number of alkyl carbamates (subject to hydrolysis) is 1. The van der Waals surface area contributed by atoms with Gasteiger partial charge in [0, 0.05) is 18.0 Å². The Kier molecular flexibility index (Phi) is 7.01. The van der Waals surface area contributed by atoms with Gasteiger partial charge in [0.25, 0.3) is 6.43 Å². The van der Waals surface area contributed by atoms with Crippen molar-refractivity contribution in [3.05, 3.63) is 95.1 Å². The van der Waals surface area contributed by atoms with Crippen LogP contribution in [0.5, 0.6) is 0 Å². The summed E-state index contributed by atoms with van der Waals surface area (Å²) < 4.78 is 30.7. The van der Waals surface area contributed by atoms with Gasteiger partial charge in [0.05, 0.1) is 6.10 Å². The Morgan fingerprint density at radius 2 is 1.42 bits per heavy atom. The molecule has 0 fully saturated rings. The summed E-state index contributed by atoms with van der Waals surface area (Å²) in [7, 11) is 0. The highest BCUT2D eigenvalue weighted by atomic mass is 19.3. The molecule has 5 nitrogen and oxygen atoms in total. The molecule has 0 saturated heterocycles. The van der Waals surface area contributed by atoms with Crippen molar-refractivity contribution in [1.82, 2.24) is 5.32 Å². The second-order valence-electron chi connectivity index (χ2n) is 8.02. The van der Waals surface area contributed by atoms with E-state index in [9.17, 15) is 23.8 Å². The third kappa shape index (κ3) is 5.05. The van der Waals surface area contributed by atoms with Gasteiger partial charge in [0.2, 0.25) is 0 Å². The van der Waals surface area contributed by atoms with Crippen LogP contribution in [0, 0.1) is 0 Å². The number of rotatable bonds is 8. The number of aliphatic hydroxyl groups excluding tert-OH is 2. The normalized spacial score (nSPS) is 14.5. The SMILES string of the molecule is O=C(NCCC(O)C(O)c1ccc(C(F)F)cc1)OCC1c2ccccc2-c2ccccc21. The van der Waals surface area contributed by atoms with Crippen molar-refractivity contribution < 1.29 is 28.5 Å². The maximum atomic E-state index is 12.6. The van der Waals surface area contributed by atoms with E-state index in [0.29, 0.717) is 5.56 Å². The number of benzene rings is 3. The lowest BCUT2D eigenvalue weighted by atomic mass is 9.98. The van der Waals surface area contributed by atoms with Crippen LogP contribution in [0.25, 0.3) is 11.1 Å². The summed E-state index contributed by atoms with van der Waals surface area (Å²) in [6, 6.07) is 21.2. The van der Waals surface area contributed by atoms with Crippen molar-refractivity contribution >= 4 is 6.09 Å². The minimum atomic E-state index is -2.59. The number of fused-ring (bicyclic) bond motifs is 3. The van der Waals surface area contributed by atoms with Crippen LogP contribution in [-0.4, -0.2) is 35.6 Å². The number of nitrogens with one attached hydrogen (secondary N) is 1. The quantitative estimate of drug-likeness (QED) is 0.451. The summed E-state index contributed by atoms with van der Waals surface area (Å²) in [6.07, 6.45) is -5.55. The molecule has 0 heterocycles. The first kappa shape index (κ1) is 22.9. The highest BCUT2D eigenvalue weighted by Gasteiger charge is 2.29. The van der Waals surface area contributed by atoms with Crippen LogP contribution in [0.1, 0.15) is 47.1 Å². The van der Waals surface area contributed by atoms with Gasteiger partial charge in [-0.1, -0.05) is 72.8 Å². The van der Waals surface area contributed by atoms with Gasteiger partial charge in [-0.2, -0.15) is 0 Å². The molecular formula is C26H25F2NO4. The molecule has 1 amide bonds. The molecule has 33 heavy (non-hydrogen) atoms. The number of carbonyl (C=O) groups is 1. The molecule has 0 radical (unpaired) electrons. The zero-order valence-electron chi connectivity index (χ0n) is 17.8. The molecule has 0 bridgehead atoms. The average Bonchev–Trinajstić information content (AvgIpc) is 3.16. The molecule has 172 valence electrons. The van der Waals surface area contributed by atoms with Crippen molar-refractivity contribution in [1.29, 1.82) is 0 Å². The Labute approximate surface area is 190 Å². The second kappa shape index (κ2) is 10.1. The van der Waals surface area contributed by atoms with Crippen molar-refractivity contribution in [3.8, 4) is 11.1 Å². The fourth-order valence-corrected chi connectivity index (χ4v) is 4.19. The lowest BCUT2D eigenvalue weighted by Crippen LogP contribution is -2.30. The summed E-state index contributed by atoms with van der Waals surface area (Å²) in [5.74, 6) is -0.0493. The fourth-order valence-electron chi connectivity index (χ4n) is 4.19. The van der Waals surface area contributed by atoms with E-state index < -0.39 is 24.7 Å². The topological polar surface area (TPSA) is 78.8 Å². The van der Waals surface area contributed by atoms with Crippen LogP contribution in [0.15, 0.2) is 72.8 Å². The monoisotopic (exact) mass is 453 g/mol. The standard InChI is InChI=1S/C26H25F2NO4/c27-25(28)17-11-9-16(10-12-17)24(31)23(30)13-14-29-26(32)33-15-22-20-7-3-1-5-18(20)19-6-2-4-8-21(19)22/h1-12,22-25,30-31H,13-15H2,(H,29,32). The number of aliphatic hydroxyl groups is 2. The predicted octanol–water partition coefficient (Wildman–Crippen LogP) is 4.95. The van der Waals surface area contributed by atoms with Crippen molar-refractivity contribution in [2.45, 2.75) is 31.0 Å². The number of halogens is 2. The number of carbonyl (C=O) groups excluding carboxylic acids is 1. The first-order chi connectivity index (χ1) is 16.0. The third-order valence-electron chi connectivity index (χ3n) is 5.95. The minimum absolute atomic E-state index is 0.0493. The number of hydrogen-bond donors (Lipinski definition) is 3. The largest absolute Gasteiger partial charge is 0.449 e. The van der Waals surface area contributed by atoms with Gasteiger partial charge in [0.15, 0.2) is 0 Å². The van der Waals surface area contributed by atoms with E-state index in [2.05, 4.69) is 17.4 Å².